The summed E-state index contributed by atoms with van der Waals surface area (Å²) >= 11 is 0. The molecule has 0 amide bonds. The number of rotatable bonds is 1. The highest BCUT2D eigenvalue weighted by molar-refractivity contribution is 6.47. The molecule has 0 N–H and O–H groups in total. The minimum Gasteiger partial charge on any atom is -0.331 e. The SMILES string of the molecule is C1=CC2=NCN(C3CC3)C2=NN=C1. The van der Waals surface area contributed by atoms with Crippen molar-refractivity contribution in [3.05, 3.63) is 12.2 Å². The van der Waals surface area contributed by atoms with E-state index in [-0.39, 0.29) is 0 Å². The number of hydrogen-bond acceptors (Lipinski definition) is 4. The van der Waals surface area contributed by atoms with Crippen molar-refractivity contribution in [2.75, 3.05) is 6.67 Å². The van der Waals surface area contributed by atoms with E-state index in [1.54, 1.807) is 6.21 Å². The quantitative estimate of drug-likeness (QED) is 0.580. The third-order valence-electron chi connectivity index (χ3n) is 2.44. The van der Waals surface area contributed by atoms with Gasteiger partial charge >= 0.3 is 0 Å². The van der Waals surface area contributed by atoms with Crippen LogP contribution in [0.5, 0.6) is 0 Å². The van der Waals surface area contributed by atoms with E-state index >= 15 is 0 Å². The molecule has 1 fully saturated rings. The summed E-state index contributed by atoms with van der Waals surface area (Å²) in [4.78, 5) is 6.64. The summed E-state index contributed by atoms with van der Waals surface area (Å²) in [6.07, 6.45) is 8.09. The largest absolute Gasteiger partial charge is 0.331 e. The monoisotopic (exact) mass is 174 g/mol. The van der Waals surface area contributed by atoms with Gasteiger partial charge in [0.05, 0.1) is 0 Å². The minimum atomic E-state index is 0.668. The Hall–Kier alpha value is -1.45. The molecular formula is C9H10N4. The van der Waals surface area contributed by atoms with Crippen LogP contribution in [0.4, 0.5) is 0 Å². The molecule has 0 aromatic carbocycles. The lowest BCUT2D eigenvalue weighted by molar-refractivity contribution is 0.440. The molecule has 13 heavy (non-hydrogen) atoms. The molecule has 2 aliphatic heterocycles. The summed E-state index contributed by atoms with van der Waals surface area (Å²) in [6.45, 7) is 0.763. The molecule has 66 valence electrons. The molecule has 1 saturated carbocycles. The van der Waals surface area contributed by atoms with Gasteiger partial charge in [-0.05, 0) is 25.0 Å². The molecule has 3 rings (SSSR count). The van der Waals surface area contributed by atoms with E-state index in [0.717, 1.165) is 18.2 Å². The molecule has 0 atom stereocenters. The molecule has 4 heteroatoms. The number of aliphatic imine (C=N–C) groups is 1. The number of nitrogens with zero attached hydrogens (tertiary/aromatic N) is 4. The Morgan fingerprint density at radius 3 is 3.15 bits per heavy atom. The molecule has 1 aliphatic carbocycles. The van der Waals surface area contributed by atoms with Crippen LogP contribution in [-0.2, 0) is 0 Å². The molecule has 3 aliphatic rings. The highest BCUT2D eigenvalue weighted by Crippen LogP contribution is 2.29. The van der Waals surface area contributed by atoms with E-state index in [4.69, 9.17) is 0 Å². The number of fused-ring (bicyclic) bond motifs is 1. The highest BCUT2D eigenvalue weighted by atomic mass is 15.4. The van der Waals surface area contributed by atoms with Crippen molar-refractivity contribution < 1.29 is 0 Å². The predicted molar refractivity (Wildman–Crippen MR) is 52.2 cm³/mol. The molecule has 0 unspecified atom stereocenters. The third kappa shape index (κ3) is 1.09. The van der Waals surface area contributed by atoms with Crippen LogP contribution in [0.2, 0.25) is 0 Å². The van der Waals surface area contributed by atoms with Crippen LogP contribution in [0.25, 0.3) is 0 Å². The fourth-order valence-corrected chi connectivity index (χ4v) is 1.61. The Kier molecular flexibility index (Phi) is 1.36. The summed E-state index contributed by atoms with van der Waals surface area (Å²) in [5, 5.41) is 8.07. The topological polar surface area (TPSA) is 40.3 Å². The van der Waals surface area contributed by atoms with Crippen molar-refractivity contribution in [1.82, 2.24) is 4.90 Å². The lowest BCUT2D eigenvalue weighted by Gasteiger charge is -2.15. The van der Waals surface area contributed by atoms with Crippen molar-refractivity contribution in [2.45, 2.75) is 18.9 Å². The van der Waals surface area contributed by atoms with Crippen LogP contribution in [0.3, 0.4) is 0 Å². The number of amidine groups is 1. The molecule has 0 aromatic rings. The second-order valence-corrected chi connectivity index (χ2v) is 3.43. The van der Waals surface area contributed by atoms with Gasteiger partial charge in [0, 0.05) is 12.3 Å². The van der Waals surface area contributed by atoms with Gasteiger partial charge in [0.2, 0.25) is 0 Å². The van der Waals surface area contributed by atoms with E-state index in [1.165, 1.54) is 12.8 Å². The molecule has 2 heterocycles. The van der Waals surface area contributed by atoms with Gasteiger partial charge in [-0.25, -0.2) is 0 Å². The lowest BCUT2D eigenvalue weighted by Crippen LogP contribution is -2.31. The van der Waals surface area contributed by atoms with E-state index in [2.05, 4.69) is 20.1 Å². The average Bonchev–Trinajstić information content (AvgIpc) is 2.94. The first kappa shape index (κ1) is 7.00. The van der Waals surface area contributed by atoms with Gasteiger partial charge in [0.1, 0.15) is 12.4 Å². The van der Waals surface area contributed by atoms with Crippen molar-refractivity contribution in [3.63, 3.8) is 0 Å². The summed E-state index contributed by atoms with van der Waals surface area (Å²) < 4.78 is 0. The molecule has 0 saturated heterocycles. The molecule has 0 spiro atoms. The van der Waals surface area contributed by atoms with Crippen molar-refractivity contribution in [2.24, 2.45) is 15.2 Å². The Labute approximate surface area is 76.4 Å². The van der Waals surface area contributed by atoms with E-state index < -0.39 is 0 Å². The molecule has 0 radical (unpaired) electrons. The standard InChI is InChI=1S/C9H10N4/c1-2-8-9(12-11-5-1)13(6-10-8)7-3-4-7/h1-2,5,7H,3-4,6H2. The van der Waals surface area contributed by atoms with Gasteiger partial charge in [0.15, 0.2) is 5.84 Å². The zero-order valence-electron chi connectivity index (χ0n) is 7.22. The number of allylic oxidation sites excluding steroid dienone is 1. The maximum Gasteiger partial charge on any atom is 0.178 e. The molecule has 0 aromatic heterocycles. The zero-order chi connectivity index (χ0) is 8.67. The normalized spacial score (nSPS) is 25.4. The summed E-state index contributed by atoms with van der Waals surface area (Å²) in [5.41, 5.74) is 0.976. The highest BCUT2D eigenvalue weighted by Gasteiger charge is 2.35. The van der Waals surface area contributed by atoms with Crippen LogP contribution in [0.1, 0.15) is 12.8 Å². The molecule has 4 nitrogen and oxygen atoms in total. The smallest absolute Gasteiger partial charge is 0.178 e. The minimum absolute atomic E-state index is 0.668. The van der Waals surface area contributed by atoms with Gasteiger partial charge in [-0.3, -0.25) is 4.99 Å². The van der Waals surface area contributed by atoms with Crippen LogP contribution >= 0.6 is 0 Å². The lowest BCUT2D eigenvalue weighted by atomic mass is 10.3. The van der Waals surface area contributed by atoms with Crippen molar-refractivity contribution in [1.29, 1.82) is 0 Å². The van der Waals surface area contributed by atoms with E-state index in [9.17, 15) is 0 Å². The molecule has 0 bridgehead atoms. The Morgan fingerprint density at radius 2 is 2.31 bits per heavy atom. The first-order valence-electron chi connectivity index (χ1n) is 4.54. The van der Waals surface area contributed by atoms with Crippen molar-refractivity contribution in [3.8, 4) is 0 Å². The van der Waals surface area contributed by atoms with Crippen LogP contribution in [0, 0.1) is 0 Å². The summed E-state index contributed by atoms with van der Waals surface area (Å²) in [5.74, 6) is 0.951. The van der Waals surface area contributed by atoms with Crippen LogP contribution < -0.4 is 0 Å². The van der Waals surface area contributed by atoms with E-state index in [0.29, 0.717) is 6.04 Å². The molecular weight excluding hydrogens is 164 g/mol. The Bertz CT molecular complexity index is 347. The van der Waals surface area contributed by atoms with Crippen molar-refractivity contribution >= 4 is 17.8 Å². The van der Waals surface area contributed by atoms with Gasteiger partial charge in [-0.2, -0.15) is 5.10 Å². The van der Waals surface area contributed by atoms with Crippen LogP contribution in [0.15, 0.2) is 27.3 Å². The van der Waals surface area contributed by atoms with Gasteiger partial charge in [-0.15, -0.1) is 5.10 Å². The Morgan fingerprint density at radius 1 is 1.38 bits per heavy atom. The maximum atomic E-state index is 4.41. The second kappa shape index (κ2) is 2.52. The maximum absolute atomic E-state index is 4.41. The van der Waals surface area contributed by atoms with Crippen LogP contribution in [-0.4, -0.2) is 35.4 Å². The first-order valence-corrected chi connectivity index (χ1v) is 4.54. The van der Waals surface area contributed by atoms with Gasteiger partial charge in [-0.1, -0.05) is 0 Å². The zero-order valence-corrected chi connectivity index (χ0v) is 7.22. The fourth-order valence-electron chi connectivity index (χ4n) is 1.61. The predicted octanol–water partition coefficient (Wildman–Crippen LogP) is 0.817. The third-order valence-corrected chi connectivity index (χ3v) is 2.44. The Balaban J connectivity index is 1.95. The first-order chi connectivity index (χ1) is 6.45. The van der Waals surface area contributed by atoms with Gasteiger partial charge in [0.25, 0.3) is 0 Å². The van der Waals surface area contributed by atoms with E-state index in [1.807, 2.05) is 12.2 Å². The fraction of sp³-hybridized carbons (Fsp3) is 0.444. The average molecular weight is 174 g/mol. The summed E-state index contributed by atoms with van der Waals surface area (Å²) in [7, 11) is 0. The summed E-state index contributed by atoms with van der Waals surface area (Å²) in [6, 6.07) is 0.668. The number of hydrogen-bond donors (Lipinski definition) is 0. The second-order valence-electron chi connectivity index (χ2n) is 3.43. The van der Waals surface area contributed by atoms with Gasteiger partial charge < -0.3 is 4.90 Å².